The molecular weight excluding hydrogens is 172 g/mol. The van der Waals surface area contributed by atoms with Crippen molar-refractivity contribution in [3.05, 3.63) is 23.7 Å². The van der Waals surface area contributed by atoms with Crippen LogP contribution in [0.3, 0.4) is 0 Å². The minimum absolute atomic E-state index is 0.562. The van der Waals surface area contributed by atoms with E-state index >= 15 is 0 Å². The molecule has 1 fully saturated rings. The first-order valence-electron chi connectivity index (χ1n) is 4.50. The highest BCUT2D eigenvalue weighted by Crippen LogP contribution is 2.33. The molecule has 0 unspecified atom stereocenters. The molecule has 0 N–H and O–H groups in total. The van der Waals surface area contributed by atoms with Gasteiger partial charge in [-0.3, -0.25) is 0 Å². The smallest absolute Gasteiger partial charge is 0.104 e. The lowest BCUT2D eigenvalue weighted by atomic mass is 10.2. The Labute approximate surface area is 77.7 Å². The number of hydrogen-bond donors (Lipinski definition) is 0. The molecule has 2 rings (SSSR count). The molecule has 0 saturated heterocycles. The van der Waals surface area contributed by atoms with E-state index in [1.165, 1.54) is 19.3 Å². The summed E-state index contributed by atoms with van der Waals surface area (Å²) < 4.78 is 5.35. The monoisotopic (exact) mass is 184 g/mol. The Morgan fingerprint density at radius 3 is 2.92 bits per heavy atom. The Morgan fingerprint density at radius 2 is 2.33 bits per heavy atom. The molecule has 66 valence electrons. The van der Waals surface area contributed by atoms with Crippen molar-refractivity contribution in [2.75, 3.05) is 0 Å². The lowest BCUT2D eigenvalue weighted by molar-refractivity contribution is 0.494. The Balaban J connectivity index is 1.84. The molecule has 2 heteroatoms. The summed E-state index contributed by atoms with van der Waals surface area (Å²) in [5.74, 6) is 2.64. The van der Waals surface area contributed by atoms with Gasteiger partial charge in [0, 0.05) is 12.0 Å². The maximum atomic E-state index is 5.66. The van der Waals surface area contributed by atoms with Crippen LogP contribution in [0, 0.1) is 5.92 Å². The van der Waals surface area contributed by atoms with E-state index in [0.29, 0.717) is 5.88 Å². The lowest BCUT2D eigenvalue weighted by Crippen LogP contribution is -1.82. The van der Waals surface area contributed by atoms with Crippen LogP contribution in [-0.4, -0.2) is 0 Å². The maximum Gasteiger partial charge on any atom is 0.104 e. The molecular formula is C10H13ClO. The molecule has 0 bridgehead atoms. The Bertz CT molecular complexity index is 250. The minimum atomic E-state index is 0.562. The fraction of sp³-hybridized carbons (Fsp3) is 0.600. The number of hydrogen-bond acceptors (Lipinski definition) is 1. The zero-order chi connectivity index (χ0) is 8.39. The van der Waals surface area contributed by atoms with Crippen LogP contribution in [0.25, 0.3) is 0 Å². The third-order valence-corrected chi connectivity index (χ3v) is 2.67. The summed E-state index contributed by atoms with van der Waals surface area (Å²) in [6, 6.07) is 2.06. The molecule has 1 heterocycles. The van der Waals surface area contributed by atoms with E-state index in [-0.39, 0.29) is 0 Å². The van der Waals surface area contributed by atoms with Gasteiger partial charge in [-0.25, -0.2) is 0 Å². The van der Waals surface area contributed by atoms with Gasteiger partial charge >= 0.3 is 0 Å². The van der Waals surface area contributed by atoms with Crippen molar-refractivity contribution in [1.29, 1.82) is 0 Å². The van der Waals surface area contributed by atoms with Gasteiger partial charge in [0.1, 0.15) is 5.76 Å². The van der Waals surface area contributed by atoms with Gasteiger partial charge in [0.05, 0.1) is 12.1 Å². The van der Waals surface area contributed by atoms with E-state index in [9.17, 15) is 0 Å². The molecule has 0 atom stereocenters. The number of alkyl halides is 1. The van der Waals surface area contributed by atoms with Crippen LogP contribution in [0.2, 0.25) is 0 Å². The number of rotatable bonds is 4. The third-order valence-electron chi connectivity index (χ3n) is 2.36. The van der Waals surface area contributed by atoms with Crippen molar-refractivity contribution >= 4 is 11.6 Å². The second kappa shape index (κ2) is 3.53. The predicted octanol–water partition coefficient (Wildman–Crippen LogP) is 3.36. The second-order valence-electron chi connectivity index (χ2n) is 3.54. The van der Waals surface area contributed by atoms with E-state index in [0.717, 1.165) is 23.7 Å². The summed E-state index contributed by atoms with van der Waals surface area (Å²) in [5, 5.41) is 0. The lowest BCUT2D eigenvalue weighted by Gasteiger charge is -1.92. The molecule has 0 radical (unpaired) electrons. The van der Waals surface area contributed by atoms with Gasteiger partial charge in [0.25, 0.3) is 0 Å². The van der Waals surface area contributed by atoms with Crippen LogP contribution in [0.1, 0.15) is 30.6 Å². The van der Waals surface area contributed by atoms with Crippen molar-refractivity contribution in [2.45, 2.75) is 31.6 Å². The van der Waals surface area contributed by atoms with Crippen LogP contribution in [0.15, 0.2) is 16.7 Å². The Kier molecular flexibility index (Phi) is 2.40. The van der Waals surface area contributed by atoms with E-state index in [2.05, 4.69) is 6.07 Å². The van der Waals surface area contributed by atoms with Gasteiger partial charge in [0.15, 0.2) is 0 Å². The fourth-order valence-electron chi connectivity index (χ4n) is 1.38. The molecule has 1 aliphatic carbocycles. The summed E-state index contributed by atoms with van der Waals surface area (Å²) in [6.07, 6.45) is 6.97. The maximum absolute atomic E-state index is 5.66. The van der Waals surface area contributed by atoms with Crippen molar-refractivity contribution in [2.24, 2.45) is 5.92 Å². The molecule has 1 aromatic heterocycles. The summed E-state index contributed by atoms with van der Waals surface area (Å²) in [5.41, 5.74) is 1.10. The standard InChI is InChI=1S/C10H13ClO/c11-6-9-5-10(12-7-9)4-3-8-1-2-8/h5,7-8H,1-4,6H2. The van der Waals surface area contributed by atoms with Crippen LogP contribution in [0.5, 0.6) is 0 Å². The third kappa shape index (κ3) is 2.04. The summed E-state index contributed by atoms with van der Waals surface area (Å²) in [4.78, 5) is 0. The van der Waals surface area contributed by atoms with Crippen molar-refractivity contribution in [1.82, 2.24) is 0 Å². The van der Waals surface area contributed by atoms with E-state index in [4.69, 9.17) is 16.0 Å². The quantitative estimate of drug-likeness (QED) is 0.654. The zero-order valence-corrected chi connectivity index (χ0v) is 7.81. The Hall–Kier alpha value is -0.430. The first-order valence-corrected chi connectivity index (χ1v) is 5.04. The largest absolute Gasteiger partial charge is 0.469 e. The van der Waals surface area contributed by atoms with Crippen molar-refractivity contribution < 1.29 is 4.42 Å². The summed E-state index contributed by atoms with van der Waals surface area (Å²) in [7, 11) is 0. The highest BCUT2D eigenvalue weighted by molar-refractivity contribution is 6.17. The van der Waals surface area contributed by atoms with E-state index in [1.807, 2.05) is 0 Å². The van der Waals surface area contributed by atoms with Crippen LogP contribution < -0.4 is 0 Å². The highest BCUT2D eigenvalue weighted by Gasteiger charge is 2.21. The highest BCUT2D eigenvalue weighted by atomic mass is 35.5. The number of aryl methyl sites for hydroxylation is 1. The minimum Gasteiger partial charge on any atom is -0.469 e. The number of halogens is 1. The first kappa shape index (κ1) is 8.18. The van der Waals surface area contributed by atoms with Crippen LogP contribution in [-0.2, 0) is 12.3 Å². The summed E-state index contributed by atoms with van der Waals surface area (Å²) >= 11 is 5.66. The molecule has 12 heavy (non-hydrogen) atoms. The van der Waals surface area contributed by atoms with Gasteiger partial charge in [-0.1, -0.05) is 12.8 Å². The molecule has 1 saturated carbocycles. The SMILES string of the molecule is ClCc1coc(CCC2CC2)c1. The molecule has 1 aromatic rings. The molecule has 1 aliphatic rings. The zero-order valence-electron chi connectivity index (χ0n) is 7.05. The number of furan rings is 1. The molecule has 0 aliphatic heterocycles. The summed E-state index contributed by atoms with van der Waals surface area (Å²) in [6.45, 7) is 0. The van der Waals surface area contributed by atoms with Gasteiger partial charge in [-0.2, -0.15) is 0 Å². The van der Waals surface area contributed by atoms with E-state index in [1.54, 1.807) is 6.26 Å². The van der Waals surface area contributed by atoms with E-state index < -0.39 is 0 Å². The molecule has 1 nitrogen and oxygen atoms in total. The normalized spacial score (nSPS) is 16.8. The van der Waals surface area contributed by atoms with Gasteiger partial charge < -0.3 is 4.42 Å². The van der Waals surface area contributed by atoms with Gasteiger partial charge in [-0.05, 0) is 18.4 Å². The average molecular weight is 185 g/mol. The van der Waals surface area contributed by atoms with Crippen LogP contribution in [0.4, 0.5) is 0 Å². The fourth-order valence-corrected chi connectivity index (χ4v) is 1.52. The average Bonchev–Trinajstić information content (AvgIpc) is 2.81. The topological polar surface area (TPSA) is 13.1 Å². The molecule has 0 spiro atoms. The van der Waals surface area contributed by atoms with Crippen molar-refractivity contribution in [3.63, 3.8) is 0 Å². The Morgan fingerprint density at radius 1 is 1.50 bits per heavy atom. The van der Waals surface area contributed by atoms with Crippen molar-refractivity contribution in [3.8, 4) is 0 Å². The van der Waals surface area contributed by atoms with Gasteiger partial charge in [-0.15, -0.1) is 11.6 Å². The second-order valence-corrected chi connectivity index (χ2v) is 3.80. The van der Waals surface area contributed by atoms with Crippen LogP contribution >= 0.6 is 11.6 Å². The first-order chi connectivity index (χ1) is 5.88. The van der Waals surface area contributed by atoms with Gasteiger partial charge in [0.2, 0.25) is 0 Å². The predicted molar refractivity (Wildman–Crippen MR) is 49.3 cm³/mol. The molecule has 0 aromatic carbocycles. The molecule has 0 amide bonds.